The van der Waals surface area contributed by atoms with Gasteiger partial charge >= 0.3 is 0 Å². The number of hydrogen-bond acceptors (Lipinski definition) is 4. The van der Waals surface area contributed by atoms with Gasteiger partial charge in [0.25, 0.3) is 0 Å². The summed E-state index contributed by atoms with van der Waals surface area (Å²) in [7, 11) is 0. The van der Waals surface area contributed by atoms with Gasteiger partial charge < -0.3 is 5.32 Å². The van der Waals surface area contributed by atoms with Crippen LogP contribution in [0.5, 0.6) is 0 Å². The van der Waals surface area contributed by atoms with Crippen LogP contribution in [0.25, 0.3) is 0 Å². The smallest absolute Gasteiger partial charge is 0.134 e. The lowest BCUT2D eigenvalue weighted by atomic mass is 10.3. The van der Waals surface area contributed by atoms with Gasteiger partial charge in [0, 0.05) is 24.7 Å². The van der Waals surface area contributed by atoms with Gasteiger partial charge in [-0.3, -0.25) is 4.98 Å². The van der Waals surface area contributed by atoms with Gasteiger partial charge in [-0.05, 0) is 23.3 Å². The molecule has 2 nitrogen and oxygen atoms in total. The summed E-state index contributed by atoms with van der Waals surface area (Å²) >= 11 is 20.1. The zero-order chi connectivity index (χ0) is 13.7. The van der Waals surface area contributed by atoms with E-state index in [4.69, 9.17) is 35.4 Å². The largest absolute Gasteiger partial charge is 0.367 e. The summed E-state index contributed by atoms with van der Waals surface area (Å²) in [6.45, 7) is 0.678. The molecule has 19 heavy (non-hydrogen) atoms. The third-order valence-corrected chi connectivity index (χ3v) is 5.17. The van der Waals surface area contributed by atoms with Crippen molar-refractivity contribution in [2.24, 2.45) is 0 Å². The van der Waals surface area contributed by atoms with Crippen LogP contribution < -0.4 is 5.32 Å². The molecule has 0 saturated carbocycles. The summed E-state index contributed by atoms with van der Waals surface area (Å²) < 4.78 is 2.17. The van der Waals surface area contributed by atoms with Crippen LogP contribution >= 0.6 is 58.5 Å². The van der Waals surface area contributed by atoms with E-state index in [0.29, 0.717) is 10.9 Å². The van der Waals surface area contributed by atoms with Crippen LogP contribution in [0.1, 0.15) is 11.1 Å². The predicted molar refractivity (Wildman–Crippen MR) is 89.3 cm³/mol. The first-order valence-corrected chi connectivity index (χ1v) is 8.35. The maximum atomic E-state index is 6.05. The van der Waals surface area contributed by atoms with Gasteiger partial charge in [-0.2, -0.15) is 0 Å². The fourth-order valence-corrected chi connectivity index (χ4v) is 3.94. The van der Waals surface area contributed by atoms with Gasteiger partial charge in [0.05, 0.1) is 8.67 Å². The number of rotatable bonds is 4. The summed E-state index contributed by atoms with van der Waals surface area (Å²) in [5, 5.41) is 3.18. The van der Waals surface area contributed by atoms with Crippen molar-refractivity contribution in [3.05, 3.63) is 50.4 Å². The molecule has 2 heterocycles. The summed E-state index contributed by atoms with van der Waals surface area (Å²) in [5.41, 5.74) is 2.12. The molecule has 1 N–H and O–H groups in total. The molecule has 0 bridgehead atoms. The molecule has 0 spiro atoms. The molecular weight excluding hydrogens is 339 g/mol. The average molecular weight is 349 g/mol. The Kier molecular flexibility index (Phi) is 5.91. The number of nitrogens with one attached hydrogen (secondary N) is 1. The molecular formula is C12H10Cl2N2S3. The second-order valence-electron chi connectivity index (χ2n) is 3.64. The van der Waals surface area contributed by atoms with Gasteiger partial charge in [0.15, 0.2) is 0 Å². The van der Waals surface area contributed by atoms with E-state index >= 15 is 0 Å². The van der Waals surface area contributed by atoms with Gasteiger partial charge in [0.2, 0.25) is 0 Å². The van der Waals surface area contributed by atoms with Crippen LogP contribution in [0.3, 0.4) is 0 Å². The molecule has 2 rings (SSSR count). The number of aromatic nitrogens is 1. The first-order chi connectivity index (χ1) is 9.15. The lowest BCUT2D eigenvalue weighted by Gasteiger charge is -2.06. The van der Waals surface area contributed by atoms with Crippen LogP contribution in [0.2, 0.25) is 8.67 Å². The summed E-state index contributed by atoms with van der Waals surface area (Å²) in [5.74, 6) is 0.723. The van der Waals surface area contributed by atoms with Crippen molar-refractivity contribution in [3.8, 4) is 0 Å². The highest BCUT2D eigenvalue weighted by Gasteiger charge is 2.07. The van der Waals surface area contributed by atoms with E-state index in [-0.39, 0.29) is 0 Å². The number of hydrogen-bond donors (Lipinski definition) is 1. The molecule has 100 valence electrons. The second kappa shape index (κ2) is 7.45. The first-order valence-electron chi connectivity index (χ1n) is 5.38. The number of nitrogens with zero attached hydrogens (tertiary/aromatic N) is 1. The molecule has 0 fully saturated rings. The maximum absolute atomic E-state index is 6.05. The summed E-state index contributed by atoms with van der Waals surface area (Å²) in [6, 6.07) is 5.79. The molecule has 0 saturated heterocycles. The Morgan fingerprint density at radius 1 is 1.47 bits per heavy atom. The number of thioether (sulfide) groups is 1. The zero-order valence-electron chi connectivity index (χ0n) is 9.73. The SMILES string of the molecule is S=C(NCc1cccnc1)SCc1cc(Cl)sc1Cl. The van der Waals surface area contributed by atoms with Crippen LogP contribution in [0.4, 0.5) is 0 Å². The third-order valence-electron chi connectivity index (χ3n) is 2.25. The third kappa shape index (κ3) is 4.93. The number of halogens is 2. The van der Waals surface area contributed by atoms with Gasteiger partial charge in [0.1, 0.15) is 4.32 Å². The molecule has 0 atom stereocenters. The number of pyridine rings is 1. The van der Waals surface area contributed by atoms with E-state index in [0.717, 1.165) is 25.5 Å². The average Bonchev–Trinajstić information content (AvgIpc) is 2.73. The van der Waals surface area contributed by atoms with Crippen LogP contribution in [0, 0.1) is 0 Å². The molecule has 7 heteroatoms. The highest BCUT2D eigenvalue weighted by atomic mass is 35.5. The lowest BCUT2D eigenvalue weighted by molar-refractivity contribution is 0.929. The number of thiophene rings is 1. The minimum Gasteiger partial charge on any atom is -0.367 e. The predicted octanol–water partition coefficient (Wildman–Crippen LogP) is 4.76. The van der Waals surface area contributed by atoms with Crippen molar-refractivity contribution in [1.82, 2.24) is 10.3 Å². The minimum atomic E-state index is 0.678. The molecule has 0 aliphatic heterocycles. The van der Waals surface area contributed by atoms with Gasteiger partial charge in [-0.1, -0.05) is 53.2 Å². The molecule has 0 aromatic carbocycles. The highest BCUT2D eigenvalue weighted by Crippen LogP contribution is 2.33. The molecule has 0 aliphatic carbocycles. The van der Waals surface area contributed by atoms with Crippen LogP contribution in [0.15, 0.2) is 30.6 Å². The number of thiocarbonyl (C=S) groups is 1. The van der Waals surface area contributed by atoms with E-state index in [2.05, 4.69) is 10.3 Å². The van der Waals surface area contributed by atoms with E-state index in [1.807, 2.05) is 24.4 Å². The summed E-state index contributed by atoms with van der Waals surface area (Å²) in [4.78, 5) is 4.05. The zero-order valence-corrected chi connectivity index (χ0v) is 13.7. The van der Waals surface area contributed by atoms with Crippen LogP contribution in [-0.2, 0) is 12.3 Å². The lowest BCUT2D eigenvalue weighted by Crippen LogP contribution is -2.17. The molecule has 0 unspecified atom stereocenters. The Morgan fingerprint density at radius 3 is 2.95 bits per heavy atom. The Balaban J connectivity index is 1.77. The van der Waals surface area contributed by atoms with Crippen molar-refractivity contribution < 1.29 is 0 Å². The molecule has 0 radical (unpaired) electrons. The Labute approximate surface area is 135 Å². The van der Waals surface area contributed by atoms with E-state index < -0.39 is 0 Å². The van der Waals surface area contributed by atoms with E-state index in [1.54, 1.807) is 6.20 Å². The second-order valence-corrected chi connectivity index (χ2v) is 7.58. The van der Waals surface area contributed by atoms with E-state index in [9.17, 15) is 0 Å². The molecule has 2 aromatic heterocycles. The molecule has 0 aliphatic rings. The fourth-order valence-electron chi connectivity index (χ4n) is 1.34. The highest BCUT2D eigenvalue weighted by molar-refractivity contribution is 8.22. The van der Waals surface area contributed by atoms with Gasteiger partial charge in [-0.25, -0.2) is 0 Å². The van der Waals surface area contributed by atoms with Crippen molar-refractivity contribution in [3.63, 3.8) is 0 Å². The van der Waals surface area contributed by atoms with Crippen molar-refractivity contribution in [1.29, 1.82) is 0 Å². The van der Waals surface area contributed by atoms with E-state index in [1.165, 1.54) is 23.1 Å². The quantitative estimate of drug-likeness (QED) is 0.805. The molecule has 0 amide bonds. The van der Waals surface area contributed by atoms with Crippen molar-refractivity contribution in [2.75, 3.05) is 0 Å². The van der Waals surface area contributed by atoms with Crippen molar-refractivity contribution in [2.45, 2.75) is 12.3 Å². The topological polar surface area (TPSA) is 24.9 Å². The van der Waals surface area contributed by atoms with Crippen molar-refractivity contribution >= 4 is 62.8 Å². The fraction of sp³-hybridized carbons (Fsp3) is 0.167. The standard InChI is InChI=1S/C12H10Cl2N2S3/c13-10-4-9(11(14)19-10)7-18-12(17)16-6-8-2-1-3-15-5-8/h1-5H,6-7H2,(H,16,17). The normalized spacial score (nSPS) is 10.4. The Morgan fingerprint density at radius 2 is 2.32 bits per heavy atom. The Hall–Kier alpha value is -0.330. The molecule has 2 aromatic rings. The summed E-state index contributed by atoms with van der Waals surface area (Å²) in [6.07, 6.45) is 3.56. The van der Waals surface area contributed by atoms with Gasteiger partial charge in [-0.15, -0.1) is 11.3 Å². The minimum absolute atomic E-state index is 0.678. The monoisotopic (exact) mass is 348 g/mol. The Bertz CT molecular complexity index is 557. The maximum Gasteiger partial charge on any atom is 0.134 e. The van der Waals surface area contributed by atoms with Crippen LogP contribution in [-0.4, -0.2) is 9.30 Å². The first kappa shape index (κ1) is 15.1.